The number of nitrogens with zero attached hydrogens (tertiary/aromatic N) is 2. The van der Waals surface area contributed by atoms with E-state index in [1.807, 2.05) is 0 Å². The van der Waals surface area contributed by atoms with Crippen LogP contribution in [0.4, 0.5) is 17.1 Å². The Bertz CT molecular complexity index is 765. The predicted molar refractivity (Wildman–Crippen MR) is 74.5 cm³/mol. The highest BCUT2D eigenvalue weighted by molar-refractivity contribution is 5.89. The van der Waals surface area contributed by atoms with Gasteiger partial charge in [-0.1, -0.05) is 6.07 Å². The lowest BCUT2D eigenvalue weighted by Gasteiger charge is -2.07. The number of hydrogen-bond donors (Lipinski definition) is 2. The van der Waals surface area contributed by atoms with Crippen molar-refractivity contribution in [3.05, 3.63) is 63.7 Å². The minimum atomic E-state index is -1.07. The Labute approximate surface area is 119 Å². The summed E-state index contributed by atoms with van der Waals surface area (Å²) in [5, 5.41) is 31.5. The van der Waals surface area contributed by atoms with Gasteiger partial charge in [0.15, 0.2) is 0 Å². The van der Waals surface area contributed by atoms with Gasteiger partial charge in [-0.15, -0.1) is 0 Å². The summed E-state index contributed by atoms with van der Waals surface area (Å²) in [5.41, 5.74) is 0.627. The molecule has 0 radical (unpaired) electrons. The van der Waals surface area contributed by atoms with Crippen LogP contribution >= 0.6 is 0 Å². The molecule has 7 heteroatoms. The lowest BCUT2D eigenvalue weighted by Crippen LogP contribution is -1.99. The Morgan fingerprint density at radius 1 is 1.24 bits per heavy atom. The molecule has 0 aliphatic rings. The normalized spacial score (nSPS) is 9.67. The summed E-state index contributed by atoms with van der Waals surface area (Å²) < 4.78 is 0. The van der Waals surface area contributed by atoms with Gasteiger partial charge < -0.3 is 10.4 Å². The predicted octanol–water partition coefficient (Wildman–Crippen LogP) is 2.91. The van der Waals surface area contributed by atoms with Crippen LogP contribution in [0.25, 0.3) is 0 Å². The number of nitro groups is 1. The van der Waals surface area contributed by atoms with Gasteiger partial charge in [-0.05, 0) is 30.3 Å². The molecular weight excluding hydrogens is 274 g/mol. The number of aromatic carboxylic acids is 1. The van der Waals surface area contributed by atoms with E-state index in [4.69, 9.17) is 10.4 Å². The minimum Gasteiger partial charge on any atom is -0.478 e. The van der Waals surface area contributed by atoms with Crippen molar-refractivity contribution in [3.8, 4) is 6.07 Å². The molecule has 0 amide bonds. The summed E-state index contributed by atoms with van der Waals surface area (Å²) in [7, 11) is 0. The highest BCUT2D eigenvalue weighted by atomic mass is 16.6. The summed E-state index contributed by atoms with van der Waals surface area (Å²) in [6, 6.07) is 11.9. The molecule has 104 valence electrons. The molecule has 0 spiro atoms. The van der Waals surface area contributed by atoms with E-state index >= 15 is 0 Å². The first kappa shape index (κ1) is 14.0. The standard InChI is InChI=1S/C14H9N3O4/c15-8-10-4-5-12(7-13(10)17(20)21)16-11-3-1-2-9(6-11)14(18)19/h1-7,16H,(H,18,19). The van der Waals surface area contributed by atoms with Crippen molar-refractivity contribution in [2.24, 2.45) is 0 Å². The topological polar surface area (TPSA) is 116 Å². The van der Waals surface area contributed by atoms with Gasteiger partial charge in [0, 0.05) is 17.4 Å². The lowest BCUT2D eigenvalue weighted by molar-refractivity contribution is -0.385. The van der Waals surface area contributed by atoms with Gasteiger partial charge >= 0.3 is 5.97 Å². The molecule has 0 aliphatic carbocycles. The van der Waals surface area contributed by atoms with Crippen LogP contribution in [-0.2, 0) is 0 Å². The second-order valence-electron chi connectivity index (χ2n) is 4.11. The fourth-order valence-electron chi connectivity index (χ4n) is 1.75. The number of carboxylic acid groups (broad SMARTS) is 1. The average molecular weight is 283 g/mol. The quantitative estimate of drug-likeness (QED) is 0.658. The van der Waals surface area contributed by atoms with Crippen molar-refractivity contribution in [1.82, 2.24) is 0 Å². The number of benzene rings is 2. The van der Waals surface area contributed by atoms with Gasteiger partial charge in [-0.3, -0.25) is 10.1 Å². The molecule has 2 rings (SSSR count). The molecule has 7 nitrogen and oxygen atoms in total. The van der Waals surface area contributed by atoms with Crippen LogP contribution in [0, 0.1) is 21.4 Å². The minimum absolute atomic E-state index is 0.0372. The van der Waals surface area contributed by atoms with Gasteiger partial charge in [-0.25, -0.2) is 4.79 Å². The van der Waals surface area contributed by atoms with Crippen LogP contribution in [0.3, 0.4) is 0 Å². The average Bonchev–Trinajstić information content (AvgIpc) is 2.47. The van der Waals surface area contributed by atoms with Crippen LogP contribution < -0.4 is 5.32 Å². The van der Waals surface area contributed by atoms with Crippen molar-refractivity contribution in [2.75, 3.05) is 5.32 Å². The van der Waals surface area contributed by atoms with Crippen LogP contribution in [0.1, 0.15) is 15.9 Å². The van der Waals surface area contributed by atoms with E-state index in [1.165, 1.54) is 30.3 Å². The van der Waals surface area contributed by atoms with Gasteiger partial charge in [0.05, 0.1) is 10.5 Å². The van der Waals surface area contributed by atoms with E-state index in [1.54, 1.807) is 18.2 Å². The molecular formula is C14H9N3O4. The van der Waals surface area contributed by atoms with E-state index < -0.39 is 10.9 Å². The lowest BCUT2D eigenvalue weighted by atomic mass is 10.1. The first-order chi connectivity index (χ1) is 10.0. The van der Waals surface area contributed by atoms with Crippen LogP contribution in [0.2, 0.25) is 0 Å². The van der Waals surface area contributed by atoms with Gasteiger partial charge in [0.2, 0.25) is 0 Å². The van der Waals surface area contributed by atoms with Crippen molar-refractivity contribution >= 4 is 23.0 Å². The van der Waals surface area contributed by atoms with Gasteiger partial charge in [0.1, 0.15) is 11.6 Å². The summed E-state index contributed by atoms with van der Waals surface area (Å²) in [5.74, 6) is -1.07. The first-order valence-corrected chi connectivity index (χ1v) is 5.80. The number of rotatable bonds is 4. The summed E-state index contributed by atoms with van der Waals surface area (Å²) in [6.45, 7) is 0. The van der Waals surface area contributed by atoms with E-state index in [0.29, 0.717) is 11.4 Å². The van der Waals surface area contributed by atoms with E-state index in [2.05, 4.69) is 5.32 Å². The Morgan fingerprint density at radius 3 is 2.57 bits per heavy atom. The van der Waals surface area contributed by atoms with Crippen LogP contribution in [0.5, 0.6) is 0 Å². The molecule has 0 unspecified atom stereocenters. The SMILES string of the molecule is N#Cc1ccc(Nc2cccc(C(=O)O)c2)cc1[N+](=O)[O-]. The summed E-state index contributed by atoms with van der Waals surface area (Å²) >= 11 is 0. The van der Waals surface area contributed by atoms with Crippen LogP contribution in [-0.4, -0.2) is 16.0 Å². The monoisotopic (exact) mass is 283 g/mol. The molecule has 0 atom stereocenters. The Kier molecular flexibility index (Phi) is 3.81. The third-order valence-electron chi connectivity index (χ3n) is 2.71. The van der Waals surface area contributed by atoms with Gasteiger partial charge in [0.25, 0.3) is 5.69 Å². The number of nitro benzene ring substituents is 1. The zero-order chi connectivity index (χ0) is 15.4. The zero-order valence-electron chi connectivity index (χ0n) is 10.6. The highest BCUT2D eigenvalue weighted by Crippen LogP contribution is 2.25. The third kappa shape index (κ3) is 3.13. The Morgan fingerprint density at radius 2 is 1.95 bits per heavy atom. The molecule has 0 saturated carbocycles. The van der Waals surface area contributed by atoms with E-state index in [9.17, 15) is 14.9 Å². The second kappa shape index (κ2) is 5.71. The summed E-state index contributed by atoms with van der Waals surface area (Å²) in [6.07, 6.45) is 0. The molecule has 2 aromatic carbocycles. The largest absolute Gasteiger partial charge is 0.478 e. The number of hydrogen-bond acceptors (Lipinski definition) is 5. The van der Waals surface area contributed by atoms with Gasteiger partial charge in [-0.2, -0.15) is 5.26 Å². The second-order valence-corrected chi connectivity index (χ2v) is 4.11. The van der Waals surface area contributed by atoms with Crippen molar-refractivity contribution < 1.29 is 14.8 Å². The van der Waals surface area contributed by atoms with E-state index in [-0.39, 0.29) is 16.8 Å². The number of carbonyl (C=O) groups is 1. The Balaban J connectivity index is 2.34. The molecule has 2 aromatic rings. The molecule has 0 bridgehead atoms. The highest BCUT2D eigenvalue weighted by Gasteiger charge is 2.14. The third-order valence-corrected chi connectivity index (χ3v) is 2.71. The Hall–Kier alpha value is -3.40. The maximum Gasteiger partial charge on any atom is 0.335 e. The zero-order valence-corrected chi connectivity index (χ0v) is 10.6. The smallest absolute Gasteiger partial charge is 0.335 e. The maximum atomic E-state index is 10.9. The first-order valence-electron chi connectivity index (χ1n) is 5.80. The molecule has 0 fully saturated rings. The molecule has 0 aliphatic heterocycles. The molecule has 0 heterocycles. The van der Waals surface area contributed by atoms with Crippen molar-refractivity contribution in [3.63, 3.8) is 0 Å². The maximum absolute atomic E-state index is 10.9. The number of nitrogens with one attached hydrogen (secondary N) is 1. The molecule has 2 N–H and O–H groups in total. The van der Waals surface area contributed by atoms with Crippen molar-refractivity contribution in [1.29, 1.82) is 5.26 Å². The molecule has 0 saturated heterocycles. The van der Waals surface area contributed by atoms with E-state index in [0.717, 1.165) is 0 Å². The number of carboxylic acids is 1. The fraction of sp³-hybridized carbons (Fsp3) is 0. The summed E-state index contributed by atoms with van der Waals surface area (Å²) in [4.78, 5) is 21.1. The fourth-order valence-corrected chi connectivity index (χ4v) is 1.75. The van der Waals surface area contributed by atoms with Crippen molar-refractivity contribution in [2.45, 2.75) is 0 Å². The number of nitriles is 1. The number of anilines is 2. The van der Waals surface area contributed by atoms with Crippen LogP contribution in [0.15, 0.2) is 42.5 Å². The molecule has 0 aromatic heterocycles. The molecule has 21 heavy (non-hydrogen) atoms.